The van der Waals surface area contributed by atoms with Crippen molar-refractivity contribution in [2.45, 2.75) is 38.3 Å². The first kappa shape index (κ1) is 24.2. The highest BCUT2D eigenvalue weighted by molar-refractivity contribution is 7.20. The second kappa shape index (κ2) is 9.16. The Bertz CT molecular complexity index is 1460. The lowest BCUT2D eigenvalue weighted by Crippen LogP contribution is -2.53. The van der Waals surface area contributed by atoms with Gasteiger partial charge in [-0.3, -0.25) is 19.9 Å². The van der Waals surface area contributed by atoms with Gasteiger partial charge in [-0.2, -0.15) is 0 Å². The Morgan fingerprint density at radius 1 is 1.25 bits per heavy atom. The van der Waals surface area contributed by atoms with E-state index in [9.17, 15) is 14.7 Å². The lowest BCUT2D eigenvalue weighted by molar-refractivity contribution is -0.0367. The minimum Gasteiger partial charge on any atom is -0.496 e. The third kappa shape index (κ3) is 4.77. The molecule has 186 valence electrons. The molecule has 1 aliphatic carbocycles. The highest BCUT2D eigenvalue weighted by atomic mass is 35.5. The zero-order chi connectivity index (χ0) is 25.6. The molecule has 0 unspecified atom stereocenters. The number of amides is 2. The number of aliphatic hydroxyl groups is 1. The number of carbonyl (C=O) groups is 2. The minimum absolute atomic E-state index is 0.0783. The van der Waals surface area contributed by atoms with E-state index < -0.39 is 11.5 Å². The standard InChI is InChI=1S/C24H23ClN6O4S/c1-12-6-15(16-7-13(25)4-5-19(16)35-3)17(10-26-12)20(32)29-22-30-31-11-18(28-23(31)36-22)21(33)27-14-8-24(2,34)9-14/h4-7,10-11,14,34H,8-9H2,1-3H3,(H,27,33)(H,29,30,32). The van der Waals surface area contributed by atoms with Gasteiger partial charge in [0, 0.05) is 34.1 Å². The number of pyridine rings is 1. The lowest BCUT2D eigenvalue weighted by atomic mass is 9.77. The van der Waals surface area contributed by atoms with Crippen molar-refractivity contribution in [3.8, 4) is 16.9 Å². The Kier molecular flexibility index (Phi) is 6.15. The van der Waals surface area contributed by atoms with Crippen LogP contribution in [0.5, 0.6) is 5.75 Å². The fraction of sp³-hybridized carbons (Fsp3) is 0.292. The smallest absolute Gasteiger partial charge is 0.271 e. The van der Waals surface area contributed by atoms with Crippen LogP contribution in [-0.2, 0) is 0 Å². The number of anilines is 1. The summed E-state index contributed by atoms with van der Waals surface area (Å²) in [6.07, 6.45) is 4.02. The van der Waals surface area contributed by atoms with Crippen LogP contribution in [0.25, 0.3) is 16.1 Å². The lowest BCUT2D eigenvalue weighted by Gasteiger charge is -2.40. The molecular formula is C24H23ClN6O4S. The van der Waals surface area contributed by atoms with Crippen LogP contribution in [-0.4, -0.2) is 55.3 Å². The minimum atomic E-state index is -0.730. The van der Waals surface area contributed by atoms with Gasteiger partial charge >= 0.3 is 0 Å². The van der Waals surface area contributed by atoms with Crippen LogP contribution in [0.1, 0.15) is 46.3 Å². The molecule has 0 bridgehead atoms. The average Bonchev–Trinajstić information content (AvgIpc) is 3.36. The third-order valence-electron chi connectivity index (χ3n) is 5.94. The van der Waals surface area contributed by atoms with Crippen molar-refractivity contribution in [2.24, 2.45) is 0 Å². The summed E-state index contributed by atoms with van der Waals surface area (Å²) in [6.45, 7) is 3.57. The fourth-order valence-electron chi connectivity index (χ4n) is 4.24. The molecule has 1 aliphatic rings. The molecule has 0 saturated heterocycles. The van der Waals surface area contributed by atoms with Gasteiger partial charge in [-0.05, 0) is 51.0 Å². The number of methoxy groups -OCH3 is 1. The van der Waals surface area contributed by atoms with Gasteiger partial charge in [0.2, 0.25) is 10.1 Å². The Balaban J connectivity index is 1.36. The third-order valence-corrected chi connectivity index (χ3v) is 7.01. The average molecular weight is 527 g/mol. The molecule has 0 spiro atoms. The Morgan fingerprint density at radius 2 is 2.03 bits per heavy atom. The molecule has 0 atom stereocenters. The van der Waals surface area contributed by atoms with Gasteiger partial charge in [0.05, 0.1) is 24.5 Å². The topological polar surface area (TPSA) is 131 Å². The molecule has 3 aromatic heterocycles. The number of fused-ring (bicyclic) bond motifs is 1. The van der Waals surface area contributed by atoms with Gasteiger partial charge in [0.1, 0.15) is 11.4 Å². The maximum Gasteiger partial charge on any atom is 0.271 e. The van der Waals surface area contributed by atoms with Crippen LogP contribution in [0, 0.1) is 6.92 Å². The van der Waals surface area contributed by atoms with Crippen molar-refractivity contribution < 1.29 is 19.4 Å². The van der Waals surface area contributed by atoms with Crippen molar-refractivity contribution in [3.63, 3.8) is 0 Å². The molecule has 12 heteroatoms. The molecule has 36 heavy (non-hydrogen) atoms. The van der Waals surface area contributed by atoms with Crippen molar-refractivity contribution in [3.05, 3.63) is 58.6 Å². The zero-order valence-corrected chi connectivity index (χ0v) is 21.3. The highest BCUT2D eigenvalue weighted by Crippen LogP contribution is 2.35. The van der Waals surface area contributed by atoms with E-state index in [1.165, 1.54) is 16.9 Å². The second-order valence-electron chi connectivity index (χ2n) is 9.01. The molecule has 3 N–H and O–H groups in total. The van der Waals surface area contributed by atoms with E-state index >= 15 is 0 Å². The van der Waals surface area contributed by atoms with Crippen LogP contribution >= 0.6 is 22.9 Å². The molecule has 0 aliphatic heterocycles. The number of rotatable bonds is 6. The summed E-state index contributed by atoms with van der Waals surface area (Å²) in [5.41, 5.74) is 1.83. The number of ether oxygens (including phenoxy) is 1. The van der Waals surface area contributed by atoms with Crippen molar-refractivity contribution in [1.29, 1.82) is 0 Å². The van der Waals surface area contributed by atoms with Crippen LogP contribution in [0.4, 0.5) is 5.13 Å². The summed E-state index contributed by atoms with van der Waals surface area (Å²) >= 11 is 7.35. The Morgan fingerprint density at radius 3 is 2.72 bits per heavy atom. The number of carbonyl (C=O) groups excluding carboxylic acids is 2. The number of nitrogens with zero attached hydrogens (tertiary/aromatic N) is 4. The zero-order valence-electron chi connectivity index (χ0n) is 19.7. The number of aromatic nitrogens is 4. The molecule has 10 nitrogen and oxygen atoms in total. The summed E-state index contributed by atoms with van der Waals surface area (Å²) in [4.78, 5) is 34.7. The normalized spacial score (nSPS) is 19.1. The number of imidazole rings is 1. The van der Waals surface area contributed by atoms with Crippen LogP contribution in [0.15, 0.2) is 36.7 Å². The van der Waals surface area contributed by atoms with Gasteiger partial charge in [-0.25, -0.2) is 9.50 Å². The quantitative estimate of drug-likeness (QED) is 0.349. The molecule has 1 fully saturated rings. The van der Waals surface area contributed by atoms with Crippen LogP contribution in [0.2, 0.25) is 5.02 Å². The molecule has 3 heterocycles. The van der Waals surface area contributed by atoms with Gasteiger partial charge in [-0.15, -0.1) is 5.10 Å². The summed E-state index contributed by atoms with van der Waals surface area (Å²) in [5.74, 6) is -0.167. The molecule has 2 amide bonds. The first-order valence-corrected chi connectivity index (χ1v) is 12.3. The van der Waals surface area contributed by atoms with E-state index in [0.29, 0.717) is 50.4 Å². The number of halogens is 1. The molecule has 1 saturated carbocycles. The number of nitrogens with one attached hydrogen (secondary N) is 2. The molecule has 1 aromatic carbocycles. The van der Waals surface area contributed by atoms with E-state index in [1.807, 2.05) is 6.92 Å². The van der Waals surface area contributed by atoms with E-state index in [2.05, 4.69) is 25.7 Å². The van der Waals surface area contributed by atoms with E-state index in [-0.39, 0.29) is 17.6 Å². The molecule has 0 radical (unpaired) electrons. The van der Waals surface area contributed by atoms with E-state index in [0.717, 1.165) is 17.0 Å². The highest BCUT2D eigenvalue weighted by Gasteiger charge is 2.39. The number of hydrogen-bond acceptors (Lipinski definition) is 8. The first-order chi connectivity index (χ1) is 17.1. The first-order valence-electron chi connectivity index (χ1n) is 11.1. The maximum atomic E-state index is 13.2. The van der Waals surface area contributed by atoms with E-state index in [1.54, 1.807) is 38.3 Å². The summed E-state index contributed by atoms with van der Waals surface area (Å²) < 4.78 is 6.92. The van der Waals surface area contributed by atoms with Crippen molar-refractivity contribution in [1.82, 2.24) is 24.9 Å². The van der Waals surface area contributed by atoms with Gasteiger partial charge in [-0.1, -0.05) is 22.9 Å². The number of aryl methyl sites for hydroxylation is 1. The van der Waals surface area contributed by atoms with Crippen LogP contribution < -0.4 is 15.4 Å². The number of benzene rings is 1. The van der Waals surface area contributed by atoms with Gasteiger partial charge < -0.3 is 15.2 Å². The van der Waals surface area contributed by atoms with Crippen molar-refractivity contribution >= 4 is 44.8 Å². The monoisotopic (exact) mass is 526 g/mol. The molecule has 4 aromatic rings. The second-order valence-corrected chi connectivity index (χ2v) is 10.4. The van der Waals surface area contributed by atoms with Gasteiger partial charge in [0.15, 0.2) is 0 Å². The van der Waals surface area contributed by atoms with E-state index in [4.69, 9.17) is 16.3 Å². The summed E-state index contributed by atoms with van der Waals surface area (Å²) in [7, 11) is 1.55. The summed E-state index contributed by atoms with van der Waals surface area (Å²) in [6, 6.07) is 6.91. The SMILES string of the molecule is COc1ccc(Cl)cc1-c1cc(C)ncc1C(=O)Nc1nn2cc(C(=O)NC3CC(C)(O)C3)nc2s1. The predicted molar refractivity (Wildman–Crippen MR) is 136 cm³/mol. The molecule has 5 rings (SSSR count). The fourth-order valence-corrected chi connectivity index (χ4v) is 5.19. The number of hydrogen-bond donors (Lipinski definition) is 3. The maximum absolute atomic E-state index is 13.2. The Labute approximate surface area is 215 Å². The molecular weight excluding hydrogens is 504 g/mol. The predicted octanol–water partition coefficient (Wildman–Crippen LogP) is 3.72. The van der Waals surface area contributed by atoms with Crippen LogP contribution in [0.3, 0.4) is 0 Å². The largest absolute Gasteiger partial charge is 0.496 e. The van der Waals surface area contributed by atoms with Gasteiger partial charge in [0.25, 0.3) is 11.8 Å². The Hall–Kier alpha value is -3.54. The summed E-state index contributed by atoms with van der Waals surface area (Å²) in [5, 5.41) is 20.6. The van der Waals surface area contributed by atoms with Crippen molar-refractivity contribution in [2.75, 3.05) is 12.4 Å².